The minimum absolute atomic E-state index is 0.171. The molecule has 1 nitrogen and oxygen atoms in total. The molecular formula is C3H5NS. The molecule has 0 aromatic heterocycles. The molecule has 1 aliphatic rings. The van der Waals surface area contributed by atoms with Gasteiger partial charge in [-0.1, -0.05) is 0 Å². The van der Waals surface area contributed by atoms with Crippen LogP contribution in [0.25, 0.3) is 0 Å². The zero-order chi connectivity index (χ0) is 4.41. The van der Waals surface area contributed by atoms with Crippen LogP contribution < -0.4 is 0 Å². The zero-order valence-corrected chi connectivity index (χ0v) is 3.53. The van der Waals surface area contributed by atoms with E-state index in [2.05, 4.69) is 4.99 Å². The maximum atomic E-state index is 6.91. The van der Waals surface area contributed by atoms with Crippen molar-refractivity contribution in [1.29, 1.82) is 0 Å². The molecule has 2 heteroatoms. The lowest BCUT2D eigenvalue weighted by molar-refractivity contribution is 1.18. The molecule has 0 saturated heterocycles. The molecule has 0 radical (unpaired) electrons. The third-order valence-electron chi connectivity index (χ3n) is 0.412. The predicted molar refractivity (Wildman–Crippen MR) is 25.8 cm³/mol. The summed E-state index contributed by atoms with van der Waals surface area (Å²) in [4.78, 5) is 3.74. The van der Waals surface area contributed by atoms with Gasteiger partial charge in [-0.05, 0) is 0 Å². The Balaban J connectivity index is 2.38. The second-order valence-corrected chi connectivity index (χ2v) is 1.65. The molecule has 0 spiro atoms. The summed E-state index contributed by atoms with van der Waals surface area (Å²) in [6.07, 6.45) is 0. The number of hydrogen-bond donors (Lipinski definition) is 0. The Morgan fingerprint density at radius 2 is 3.20 bits per heavy atom. The van der Waals surface area contributed by atoms with E-state index in [1.54, 1.807) is 17.3 Å². The van der Waals surface area contributed by atoms with Gasteiger partial charge in [0.1, 0.15) is 0 Å². The van der Waals surface area contributed by atoms with E-state index >= 15 is 0 Å². The summed E-state index contributed by atoms with van der Waals surface area (Å²) >= 11 is 1.60. The van der Waals surface area contributed by atoms with Crippen molar-refractivity contribution in [2.45, 2.75) is 0 Å². The topological polar surface area (TPSA) is 12.4 Å². The van der Waals surface area contributed by atoms with Crippen molar-refractivity contribution in [3.8, 4) is 0 Å². The molecule has 1 atom stereocenters. The van der Waals surface area contributed by atoms with Crippen LogP contribution in [0.2, 0.25) is 0 Å². The highest BCUT2D eigenvalue weighted by Crippen LogP contribution is 1.99. The van der Waals surface area contributed by atoms with Gasteiger partial charge in [-0.2, -0.15) is 0 Å². The number of thioether (sulfide) groups is 1. The van der Waals surface area contributed by atoms with Gasteiger partial charge in [-0.3, -0.25) is 4.99 Å². The normalized spacial score (nSPS) is 38.4. The van der Waals surface area contributed by atoms with Crippen molar-refractivity contribution in [3.63, 3.8) is 0 Å². The lowest BCUT2D eigenvalue weighted by atomic mass is 10.8. The third kappa shape index (κ3) is 0.651. The number of nitrogens with zero attached hydrogens (tertiary/aromatic N) is 1. The summed E-state index contributed by atoms with van der Waals surface area (Å²) in [5, 5.41) is 0. The summed E-state index contributed by atoms with van der Waals surface area (Å²) < 4.78 is 6.91. The fourth-order valence-electron chi connectivity index (χ4n) is 0.215. The van der Waals surface area contributed by atoms with Gasteiger partial charge >= 0.3 is 0 Å². The Hall–Kier alpha value is 0.0200. The van der Waals surface area contributed by atoms with Gasteiger partial charge in [0.2, 0.25) is 0 Å². The highest BCUT2D eigenvalue weighted by Gasteiger charge is 1.86. The average Bonchev–Trinajstić information content (AvgIpc) is 1.86. The molecule has 28 valence electrons. The van der Waals surface area contributed by atoms with E-state index in [1.807, 2.05) is 0 Å². The van der Waals surface area contributed by atoms with Crippen LogP contribution in [0.5, 0.6) is 0 Å². The molecule has 5 heavy (non-hydrogen) atoms. The van der Waals surface area contributed by atoms with Gasteiger partial charge in [0.05, 0.1) is 6.92 Å². The van der Waals surface area contributed by atoms with Crippen LogP contribution in [-0.4, -0.2) is 17.8 Å². The van der Waals surface area contributed by atoms with E-state index in [1.165, 1.54) is 0 Å². The molecular weight excluding hydrogens is 82.1 g/mol. The van der Waals surface area contributed by atoms with Crippen molar-refractivity contribution >= 4 is 17.3 Å². The first-order chi connectivity index (χ1) is 2.89. The quantitative estimate of drug-likeness (QED) is 0.426. The smallest absolute Gasteiger partial charge is 0.0542 e. The molecule has 0 amide bonds. The monoisotopic (exact) mass is 88.0 g/mol. The lowest BCUT2D eigenvalue weighted by Gasteiger charge is -1.67. The first kappa shape index (κ1) is 2.24. The molecule has 0 fully saturated rings. The average molecular weight is 88.2 g/mol. The van der Waals surface area contributed by atoms with Crippen molar-refractivity contribution in [3.05, 3.63) is 0 Å². The second kappa shape index (κ2) is 1.45. The molecule has 0 aromatic rings. The maximum absolute atomic E-state index is 6.91. The van der Waals surface area contributed by atoms with Crippen LogP contribution in [-0.2, 0) is 0 Å². The fraction of sp³-hybridized carbons (Fsp3) is 0.667. The Morgan fingerprint density at radius 3 is 3.40 bits per heavy atom. The minimum Gasteiger partial charge on any atom is -0.285 e. The van der Waals surface area contributed by atoms with Crippen molar-refractivity contribution in [2.24, 2.45) is 4.99 Å². The summed E-state index contributed by atoms with van der Waals surface area (Å²) in [7, 11) is 0. The standard InChI is InChI=1S/C3H5NS/c1-2-5-3-4-1/h3H,1-2H2/i1D. The van der Waals surface area contributed by atoms with Gasteiger partial charge in [0, 0.05) is 12.3 Å². The second-order valence-electron chi connectivity index (χ2n) is 0.770. The van der Waals surface area contributed by atoms with Gasteiger partial charge in [0.25, 0.3) is 0 Å². The van der Waals surface area contributed by atoms with Gasteiger partial charge < -0.3 is 0 Å². The molecule has 1 aliphatic heterocycles. The van der Waals surface area contributed by atoms with Crippen molar-refractivity contribution in [2.75, 3.05) is 12.3 Å². The molecule has 0 saturated carbocycles. The summed E-state index contributed by atoms with van der Waals surface area (Å²) in [6.45, 7) is -0.171. The minimum atomic E-state index is -0.171. The Kier molecular flexibility index (Phi) is 0.651. The Morgan fingerprint density at radius 1 is 2.20 bits per heavy atom. The zero-order valence-electron chi connectivity index (χ0n) is 3.72. The highest BCUT2D eigenvalue weighted by atomic mass is 32.2. The first-order valence-electron chi connectivity index (χ1n) is 2.03. The summed E-state index contributed by atoms with van der Waals surface area (Å²) in [6, 6.07) is 0. The SMILES string of the molecule is [2H]C1CSC=N1. The fourth-order valence-corrected chi connectivity index (χ4v) is 0.645. The van der Waals surface area contributed by atoms with E-state index in [9.17, 15) is 0 Å². The van der Waals surface area contributed by atoms with E-state index in [0.29, 0.717) is 0 Å². The number of hydrogen-bond acceptors (Lipinski definition) is 2. The van der Waals surface area contributed by atoms with Crippen molar-refractivity contribution < 1.29 is 1.37 Å². The van der Waals surface area contributed by atoms with E-state index < -0.39 is 0 Å². The van der Waals surface area contributed by atoms with Crippen molar-refractivity contribution in [1.82, 2.24) is 0 Å². The number of aliphatic imine (C=N–C) groups is 1. The van der Waals surface area contributed by atoms with E-state index in [-0.39, 0.29) is 6.52 Å². The predicted octanol–water partition coefficient (Wildman–Crippen LogP) is 0.762. The molecule has 1 heterocycles. The van der Waals surface area contributed by atoms with Crippen LogP contribution in [0.15, 0.2) is 4.99 Å². The molecule has 0 N–H and O–H groups in total. The Bertz CT molecular complexity index is 73.2. The molecule has 0 bridgehead atoms. The highest BCUT2D eigenvalue weighted by molar-refractivity contribution is 8.12. The largest absolute Gasteiger partial charge is 0.285 e. The van der Waals surface area contributed by atoms with Gasteiger partial charge in [0.15, 0.2) is 0 Å². The van der Waals surface area contributed by atoms with Crippen LogP contribution in [0.3, 0.4) is 0 Å². The maximum Gasteiger partial charge on any atom is 0.0542 e. The van der Waals surface area contributed by atoms with E-state index in [4.69, 9.17) is 1.37 Å². The molecule has 0 aliphatic carbocycles. The Labute approximate surface area is 36.9 Å². The summed E-state index contributed by atoms with van der Waals surface area (Å²) in [5.41, 5.74) is 1.73. The van der Waals surface area contributed by atoms with Gasteiger partial charge in [-0.15, -0.1) is 11.8 Å². The molecule has 0 aromatic carbocycles. The molecule has 1 rings (SSSR count). The third-order valence-corrected chi connectivity index (χ3v) is 1.02. The van der Waals surface area contributed by atoms with Crippen LogP contribution >= 0.6 is 11.8 Å². The van der Waals surface area contributed by atoms with Gasteiger partial charge in [-0.25, -0.2) is 0 Å². The van der Waals surface area contributed by atoms with Crippen LogP contribution in [0.1, 0.15) is 1.37 Å². The summed E-state index contributed by atoms with van der Waals surface area (Å²) in [5.74, 6) is 0.847. The lowest BCUT2D eigenvalue weighted by Crippen LogP contribution is -1.69. The first-order valence-corrected chi connectivity index (χ1v) is 2.50. The van der Waals surface area contributed by atoms with Crippen LogP contribution in [0, 0.1) is 0 Å². The van der Waals surface area contributed by atoms with E-state index in [0.717, 1.165) is 5.75 Å². The number of rotatable bonds is 0. The van der Waals surface area contributed by atoms with Crippen LogP contribution in [0.4, 0.5) is 0 Å². The molecule has 1 unspecified atom stereocenters.